The highest BCUT2D eigenvalue weighted by Crippen LogP contribution is 2.17. The lowest BCUT2D eigenvalue weighted by molar-refractivity contribution is 0.431. The molecular formula is C9H8FNO. The van der Waals surface area contributed by atoms with E-state index in [0.717, 1.165) is 0 Å². The molecule has 3 N–H and O–H groups in total. The highest BCUT2D eigenvalue weighted by molar-refractivity contribution is 5.41. The summed E-state index contributed by atoms with van der Waals surface area (Å²) in [4.78, 5) is 0. The zero-order valence-electron chi connectivity index (χ0n) is 6.34. The molecule has 0 spiro atoms. The van der Waals surface area contributed by atoms with Gasteiger partial charge >= 0.3 is 0 Å². The van der Waals surface area contributed by atoms with Crippen molar-refractivity contribution in [2.45, 2.75) is 0 Å². The Kier molecular flexibility index (Phi) is 2.67. The summed E-state index contributed by atoms with van der Waals surface area (Å²) in [6, 6.07) is 4.28. The Morgan fingerprint density at radius 1 is 1.50 bits per heavy atom. The second-order valence-electron chi connectivity index (χ2n) is 2.14. The minimum atomic E-state index is -0.696. The first-order chi connectivity index (χ1) is 5.75. The molecule has 0 aliphatic heterocycles. The Hall–Kier alpha value is -1.53. The van der Waals surface area contributed by atoms with Crippen molar-refractivity contribution in [1.82, 2.24) is 0 Å². The van der Waals surface area contributed by atoms with E-state index in [0.29, 0.717) is 0 Å². The minimum Gasteiger partial charge on any atom is -0.505 e. The lowest BCUT2D eigenvalue weighted by atomic mass is 10.2. The summed E-state index contributed by atoms with van der Waals surface area (Å²) in [7, 11) is 0. The molecule has 0 radical (unpaired) electrons. The van der Waals surface area contributed by atoms with Crippen LogP contribution in [0, 0.1) is 17.7 Å². The van der Waals surface area contributed by atoms with Gasteiger partial charge in [0.05, 0.1) is 12.1 Å². The zero-order chi connectivity index (χ0) is 8.97. The number of hydrogen-bond acceptors (Lipinski definition) is 2. The first kappa shape index (κ1) is 8.57. The normalized spacial score (nSPS) is 8.83. The molecule has 0 fully saturated rings. The summed E-state index contributed by atoms with van der Waals surface area (Å²) in [6.07, 6.45) is 0. The third kappa shape index (κ3) is 1.74. The van der Waals surface area contributed by atoms with Crippen molar-refractivity contribution in [3.05, 3.63) is 29.6 Å². The topological polar surface area (TPSA) is 46.2 Å². The van der Waals surface area contributed by atoms with Gasteiger partial charge in [-0.15, -0.1) is 0 Å². The fraction of sp³-hybridized carbons (Fsp3) is 0.111. The van der Waals surface area contributed by atoms with Crippen LogP contribution in [0.15, 0.2) is 18.2 Å². The summed E-state index contributed by atoms with van der Waals surface area (Å²) in [5, 5.41) is 8.93. The molecule has 0 bridgehead atoms. The molecular weight excluding hydrogens is 157 g/mol. The largest absolute Gasteiger partial charge is 0.505 e. The van der Waals surface area contributed by atoms with E-state index in [9.17, 15) is 4.39 Å². The molecule has 0 heterocycles. The first-order valence-corrected chi connectivity index (χ1v) is 3.42. The van der Waals surface area contributed by atoms with Crippen LogP contribution >= 0.6 is 0 Å². The third-order valence-corrected chi connectivity index (χ3v) is 1.30. The number of phenols is 1. The predicted octanol–water partition coefficient (Wildman–Crippen LogP) is 0.841. The molecule has 3 heteroatoms. The van der Waals surface area contributed by atoms with Crippen molar-refractivity contribution >= 4 is 0 Å². The van der Waals surface area contributed by atoms with Crippen LogP contribution in [0.1, 0.15) is 5.56 Å². The molecule has 2 nitrogen and oxygen atoms in total. The van der Waals surface area contributed by atoms with Crippen molar-refractivity contribution in [2.24, 2.45) is 5.73 Å². The number of nitrogens with two attached hydrogens (primary N) is 1. The van der Waals surface area contributed by atoms with E-state index < -0.39 is 5.82 Å². The molecule has 1 aromatic carbocycles. The van der Waals surface area contributed by atoms with E-state index in [1.807, 2.05) is 0 Å². The second kappa shape index (κ2) is 3.74. The average Bonchev–Trinajstić information content (AvgIpc) is 2.08. The Morgan fingerprint density at radius 2 is 2.25 bits per heavy atom. The SMILES string of the molecule is NCC#Cc1cccc(O)c1F. The maximum absolute atomic E-state index is 12.9. The van der Waals surface area contributed by atoms with E-state index >= 15 is 0 Å². The highest BCUT2D eigenvalue weighted by atomic mass is 19.1. The average molecular weight is 165 g/mol. The standard InChI is InChI=1S/C9H8FNO/c10-9-7(4-2-6-11)3-1-5-8(9)12/h1,3,5,12H,6,11H2. The van der Waals surface area contributed by atoms with Crippen LogP contribution in [0.2, 0.25) is 0 Å². The molecule has 0 saturated carbocycles. The molecule has 0 saturated heterocycles. The molecule has 1 aromatic rings. The second-order valence-corrected chi connectivity index (χ2v) is 2.14. The maximum atomic E-state index is 12.9. The van der Waals surface area contributed by atoms with Gasteiger partial charge in [0.15, 0.2) is 11.6 Å². The predicted molar refractivity (Wildman–Crippen MR) is 44.0 cm³/mol. The van der Waals surface area contributed by atoms with Gasteiger partial charge in [0.1, 0.15) is 0 Å². The molecule has 0 aliphatic carbocycles. The minimum absolute atomic E-state index is 0.167. The maximum Gasteiger partial charge on any atom is 0.180 e. The molecule has 12 heavy (non-hydrogen) atoms. The molecule has 0 amide bonds. The fourth-order valence-corrected chi connectivity index (χ4v) is 0.763. The van der Waals surface area contributed by atoms with E-state index in [1.165, 1.54) is 18.2 Å². The molecule has 62 valence electrons. The summed E-state index contributed by atoms with van der Waals surface area (Å²) in [5.41, 5.74) is 5.27. The van der Waals surface area contributed by atoms with Crippen molar-refractivity contribution in [3.8, 4) is 17.6 Å². The van der Waals surface area contributed by atoms with Gasteiger partial charge in [-0.1, -0.05) is 17.9 Å². The number of halogens is 1. The van der Waals surface area contributed by atoms with Crippen LogP contribution in [0.5, 0.6) is 5.75 Å². The number of phenolic OH excluding ortho intramolecular Hbond substituents is 1. The van der Waals surface area contributed by atoms with Gasteiger partial charge in [-0.2, -0.15) is 0 Å². The first-order valence-electron chi connectivity index (χ1n) is 3.42. The molecule has 0 unspecified atom stereocenters. The van der Waals surface area contributed by atoms with Crippen molar-refractivity contribution < 1.29 is 9.50 Å². The van der Waals surface area contributed by atoms with Crippen LogP contribution < -0.4 is 5.73 Å². The summed E-state index contributed by atoms with van der Waals surface area (Å²) in [5.74, 6) is 3.92. The highest BCUT2D eigenvalue weighted by Gasteiger charge is 2.02. The van der Waals surface area contributed by atoms with Gasteiger partial charge in [0.25, 0.3) is 0 Å². The Morgan fingerprint density at radius 3 is 2.92 bits per heavy atom. The van der Waals surface area contributed by atoms with Crippen LogP contribution in [-0.4, -0.2) is 11.7 Å². The molecule has 1 rings (SSSR count). The summed E-state index contributed by atoms with van der Waals surface area (Å²) < 4.78 is 12.9. The van der Waals surface area contributed by atoms with Gasteiger partial charge in [-0.05, 0) is 12.1 Å². The van der Waals surface area contributed by atoms with Gasteiger partial charge in [0.2, 0.25) is 0 Å². The van der Waals surface area contributed by atoms with Gasteiger partial charge in [0, 0.05) is 0 Å². The van der Waals surface area contributed by atoms with E-state index in [1.54, 1.807) is 0 Å². The zero-order valence-corrected chi connectivity index (χ0v) is 6.34. The van der Waals surface area contributed by atoms with Crippen LogP contribution in [0.25, 0.3) is 0 Å². The Bertz CT molecular complexity index is 338. The van der Waals surface area contributed by atoms with Gasteiger partial charge < -0.3 is 10.8 Å². The van der Waals surface area contributed by atoms with E-state index in [4.69, 9.17) is 10.8 Å². The number of benzene rings is 1. The number of rotatable bonds is 0. The van der Waals surface area contributed by atoms with E-state index in [2.05, 4.69) is 11.8 Å². The summed E-state index contributed by atoms with van der Waals surface area (Å²) >= 11 is 0. The molecule has 0 aliphatic rings. The Labute approximate surface area is 69.8 Å². The molecule has 0 aromatic heterocycles. The smallest absolute Gasteiger partial charge is 0.180 e. The summed E-state index contributed by atoms with van der Waals surface area (Å²) in [6.45, 7) is 0.176. The number of hydrogen-bond donors (Lipinski definition) is 2. The molecule has 0 atom stereocenters. The van der Waals surface area contributed by atoms with Crippen LogP contribution in [0.4, 0.5) is 4.39 Å². The quantitative estimate of drug-likeness (QED) is 0.559. The van der Waals surface area contributed by atoms with Gasteiger partial charge in [-0.3, -0.25) is 0 Å². The number of aromatic hydroxyl groups is 1. The van der Waals surface area contributed by atoms with Crippen molar-refractivity contribution in [1.29, 1.82) is 0 Å². The lowest BCUT2D eigenvalue weighted by Gasteiger charge is -1.95. The van der Waals surface area contributed by atoms with Gasteiger partial charge in [-0.25, -0.2) is 4.39 Å². The fourth-order valence-electron chi connectivity index (χ4n) is 0.763. The van der Waals surface area contributed by atoms with Crippen molar-refractivity contribution in [2.75, 3.05) is 6.54 Å². The van der Waals surface area contributed by atoms with Crippen molar-refractivity contribution in [3.63, 3.8) is 0 Å². The third-order valence-electron chi connectivity index (χ3n) is 1.30. The Balaban J connectivity index is 3.08. The lowest BCUT2D eigenvalue weighted by Crippen LogP contribution is -1.93. The van der Waals surface area contributed by atoms with Crippen LogP contribution in [-0.2, 0) is 0 Å². The monoisotopic (exact) mass is 165 g/mol. The van der Waals surface area contributed by atoms with Crippen LogP contribution in [0.3, 0.4) is 0 Å². The van der Waals surface area contributed by atoms with E-state index in [-0.39, 0.29) is 17.9 Å².